The van der Waals surface area contributed by atoms with Crippen molar-refractivity contribution in [2.24, 2.45) is 0 Å². The molecule has 3 heterocycles. The van der Waals surface area contributed by atoms with Gasteiger partial charge in [-0.1, -0.05) is 0 Å². The number of nitrogens with one attached hydrogen (secondary N) is 1. The standard InChI is InChI=1S/C11H13N3O3/c15-10-7-5-14(9-2-4-17-11(9)16)3-1-8(7)12-6-13-10/h6,9H,1-5H2,(H,12,13,15). The summed E-state index contributed by atoms with van der Waals surface area (Å²) in [4.78, 5) is 31.9. The van der Waals surface area contributed by atoms with Crippen LogP contribution in [0.15, 0.2) is 11.1 Å². The summed E-state index contributed by atoms with van der Waals surface area (Å²) in [5.41, 5.74) is 1.42. The Kier molecular flexibility index (Phi) is 2.44. The number of fused-ring (bicyclic) bond motifs is 1. The monoisotopic (exact) mass is 235 g/mol. The summed E-state index contributed by atoms with van der Waals surface area (Å²) in [5.74, 6) is -0.172. The van der Waals surface area contributed by atoms with Crippen LogP contribution in [0.25, 0.3) is 0 Å². The second-order valence-electron chi connectivity index (χ2n) is 4.35. The van der Waals surface area contributed by atoms with Crippen LogP contribution in [0.2, 0.25) is 0 Å². The van der Waals surface area contributed by atoms with Gasteiger partial charge in [0.1, 0.15) is 6.04 Å². The molecule has 6 heteroatoms. The van der Waals surface area contributed by atoms with E-state index >= 15 is 0 Å². The molecule has 1 N–H and O–H groups in total. The number of hydrogen-bond acceptors (Lipinski definition) is 5. The zero-order chi connectivity index (χ0) is 11.8. The van der Waals surface area contributed by atoms with E-state index < -0.39 is 0 Å². The van der Waals surface area contributed by atoms with E-state index in [0.717, 1.165) is 12.2 Å². The number of rotatable bonds is 1. The number of carbonyl (C=O) groups is 1. The Hall–Kier alpha value is -1.69. The Morgan fingerprint density at radius 2 is 2.35 bits per heavy atom. The normalized spacial score (nSPS) is 24.5. The predicted molar refractivity (Wildman–Crippen MR) is 58.3 cm³/mol. The Morgan fingerprint density at radius 3 is 3.12 bits per heavy atom. The van der Waals surface area contributed by atoms with Gasteiger partial charge in [0.25, 0.3) is 5.56 Å². The number of cyclic esters (lactones) is 1. The maximum atomic E-state index is 11.7. The van der Waals surface area contributed by atoms with Gasteiger partial charge in [-0.15, -0.1) is 0 Å². The van der Waals surface area contributed by atoms with E-state index in [9.17, 15) is 9.59 Å². The molecule has 0 bridgehead atoms. The Balaban J connectivity index is 1.87. The summed E-state index contributed by atoms with van der Waals surface area (Å²) in [5, 5.41) is 0. The van der Waals surface area contributed by atoms with Crippen molar-refractivity contribution < 1.29 is 9.53 Å². The first-order chi connectivity index (χ1) is 8.25. The van der Waals surface area contributed by atoms with E-state index in [-0.39, 0.29) is 17.6 Å². The van der Waals surface area contributed by atoms with E-state index in [0.29, 0.717) is 31.6 Å². The average Bonchev–Trinajstić information content (AvgIpc) is 2.76. The van der Waals surface area contributed by atoms with Gasteiger partial charge in [-0.3, -0.25) is 14.5 Å². The van der Waals surface area contributed by atoms with Crippen molar-refractivity contribution >= 4 is 5.97 Å². The molecule has 0 aliphatic carbocycles. The third-order valence-electron chi connectivity index (χ3n) is 3.38. The molecule has 1 aromatic heterocycles. The molecule has 2 aliphatic rings. The summed E-state index contributed by atoms with van der Waals surface area (Å²) in [6.07, 6.45) is 2.86. The molecule has 1 unspecified atom stereocenters. The highest BCUT2D eigenvalue weighted by Crippen LogP contribution is 2.20. The van der Waals surface area contributed by atoms with Gasteiger partial charge in [0, 0.05) is 25.9 Å². The maximum Gasteiger partial charge on any atom is 0.323 e. The third-order valence-corrected chi connectivity index (χ3v) is 3.38. The van der Waals surface area contributed by atoms with Crippen LogP contribution < -0.4 is 5.56 Å². The number of H-pyrrole nitrogens is 1. The second kappa shape index (κ2) is 3.96. The zero-order valence-electron chi connectivity index (χ0n) is 9.31. The van der Waals surface area contributed by atoms with Gasteiger partial charge in [0.15, 0.2) is 0 Å². The molecule has 1 saturated heterocycles. The van der Waals surface area contributed by atoms with Crippen LogP contribution in [0.1, 0.15) is 17.7 Å². The molecular formula is C11H13N3O3. The number of aromatic nitrogens is 2. The fourth-order valence-electron chi connectivity index (χ4n) is 2.46. The molecule has 1 fully saturated rings. The summed E-state index contributed by atoms with van der Waals surface area (Å²) < 4.78 is 4.95. The van der Waals surface area contributed by atoms with E-state index in [2.05, 4.69) is 9.97 Å². The molecule has 0 aromatic carbocycles. The quantitative estimate of drug-likeness (QED) is 0.661. The lowest BCUT2D eigenvalue weighted by Gasteiger charge is -2.30. The fourth-order valence-corrected chi connectivity index (χ4v) is 2.46. The Bertz CT molecular complexity index is 511. The van der Waals surface area contributed by atoms with Crippen molar-refractivity contribution in [3.63, 3.8) is 0 Å². The molecule has 0 saturated carbocycles. The molecule has 0 radical (unpaired) electrons. The molecular weight excluding hydrogens is 222 g/mol. The number of nitrogens with zero attached hydrogens (tertiary/aromatic N) is 2. The van der Waals surface area contributed by atoms with E-state index in [4.69, 9.17) is 4.74 Å². The predicted octanol–water partition coefficient (Wildman–Crippen LogP) is -0.557. The van der Waals surface area contributed by atoms with Crippen molar-refractivity contribution in [3.8, 4) is 0 Å². The molecule has 90 valence electrons. The third kappa shape index (κ3) is 1.74. The van der Waals surface area contributed by atoms with Gasteiger partial charge < -0.3 is 9.72 Å². The lowest BCUT2D eigenvalue weighted by atomic mass is 10.0. The van der Waals surface area contributed by atoms with Gasteiger partial charge in [-0.25, -0.2) is 4.98 Å². The molecule has 1 aromatic rings. The van der Waals surface area contributed by atoms with Crippen molar-refractivity contribution in [3.05, 3.63) is 27.9 Å². The Labute approximate surface area is 97.6 Å². The molecule has 17 heavy (non-hydrogen) atoms. The van der Waals surface area contributed by atoms with Gasteiger partial charge in [0.05, 0.1) is 24.2 Å². The van der Waals surface area contributed by atoms with Gasteiger partial charge >= 0.3 is 5.97 Å². The molecule has 2 aliphatic heterocycles. The number of carbonyl (C=O) groups excluding carboxylic acids is 1. The highest BCUT2D eigenvalue weighted by atomic mass is 16.5. The summed E-state index contributed by atoms with van der Waals surface area (Å²) in [7, 11) is 0. The highest BCUT2D eigenvalue weighted by molar-refractivity contribution is 5.77. The van der Waals surface area contributed by atoms with Crippen LogP contribution in [-0.4, -0.2) is 40.0 Å². The topological polar surface area (TPSA) is 75.3 Å². The SMILES string of the molecule is O=C1OCCC1N1CCc2nc[nH]c(=O)c2C1. The van der Waals surface area contributed by atoms with Crippen molar-refractivity contribution in [1.82, 2.24) is 14.9 Å². The largest absolute Gasteiger partial charge is 0.464 e. The Morgan fingerprint density at radius 1 is 1.47 bits per heavy atom. The molecule has 1 atom stereocenters. The van der Waals surface area contributed by atoms with Gasteiger partial charge in [-0.2, -0.15) is 0 Å². The first-order valence-electron chi connectivity index (χ1n) is 5.72. The average molecular weight is 235 g/mol. The molecule has 0 spiro atoms. The van der Waals surface area contributed by atoms with Crippen LogP contribution in [0, 0.1) is 0 Å². The zero-order valence-corrected chi connectivity index (χ0v) is 9.31. The highest BCUT2D eigenvalue weighted by Gasteiger charge is 2.34. The van der Waals surface area contributed by atoms with Gasteiger partial charge in [0.2, 0.25) is 0 Å². The number of hydrogen-bond donors (Lipinski definition) is 1. The van der Waals surface area contributed by atoms with Crippen LogP contribution in [0.4, 0.5) is 0 Å². The minimum atomic E-state index is -0.192. The molecule has 0 amide bonds. The minimum Gasteiger partial charge on any atom is -0.464 e. The smallest absolute Gasteiger partial charge is 0.323 e. The summed E-state index contributed by atoms with van der Waals surface area (Å²) in [6, 6.07) is -0.192. The maximum absolute atomic E-state index is 11.7. The lowest BCUT2D eigenvalue weighted by molar-refractivity contribution is -0.142. The van der Waals surface area contributed by atoms with E-state index in [1.165, 1.54) is 6.33 Å². The number of aromatic amines is 1. The van der Waals surface area contributed by atoms with Crippen LogP contribution in [0.3, 0.4) is 0 Å². The first kappa shape index (κ1) is 10.5. The number of ether oxygens (including phenoxy) is 1. The van der Waals surface area contributed by atoms with E-state index in [1.54, 1.807) is 0 Å². The minimum absolute atomic E-state index is 0.105. The van der Waals surface area contributed by atoms with E-state index in [1.807, 2.05) is 4.90 Å². The van der Waals surface area contributed by atoms with Crippen molar-refractivity contribution in [2.45, 2.75) is 25.4 Å². The van der Waals surface area contributed by atoms with Crippen LogP contribution in [0.5, 0.6) is 0 Å². The van der Waals surface area contributed by atoms with Crippen molar-refractivity contribution in [2.75, 3.05) is 13.2 Å². The summed E-state index contributed by atoms with van der Waals surface area (Å²) >= 11 is 0. The lowest BCUT2D eigenvalue weighted by Crippen LogP contribution is -2.43. The van der Waals surface area contributed by atoms with Crippen LogP contribution in [-0.2, 0) is 22.5 Å². The fraction of sp³-hybridized carbons (Fsp3) is 0.545. The molecule has 6 nitrogen and oxygen atoms in total. The molecule has 3 rings (SSSR count). The summed E-state index contributed by atoms with van der Waals surface area (Å²) in [6.45, 7) is 1.72. The van der Waals surface area contributed by atoms with Crippen LogP contribution >= 0.6 is 0 Å². The number of esters is 1. The van der Waals surface area contributed by atoms with Crippen molar-refractivity contribution in [1.29, 1.82) is 0 Å². The van der Waals surface area contributed by atoms with Gasteiger partial charge in [-0.05, 0) is 0 Å². The second-order valence-corrected chi connectivity index (χ2v) is 4.35. The first-order valence-corrected chi connectivity index (χ1v) is 5.72.